The molecule has 0 aromatic heterocycles. The predicted molar refractivity (Wildman–Crippen MR) is 68.6 cm³/mol. The number of carbonyl (C=O) groups is 1. The van der Waals surface area contributed by atoms with E-state index in [9.17, 15) is 14.3 Å². The Morgan fingerprint density at radius 3 is 2.67 bits per heavy atom. The van der Waals surface area contributed by atoms with Gasteiger partial charge in [0, 0.05) is 12.6 Å². The first-order chi connectivity index (χ1) is 8.63. The van der Waals surface area contributed by atoms with Crippen LogP contribution in [0.15, 0.2) is 18.2 Å². The van der Waals surface area contributed by atoms with Gasteiger partial charge in [-0.2, -0.15) is 0 Å². The van der Waals surface area contributed by atoms with E-state index in [2.05, 4.69) is 4.90 Å². The van der Waals surface area contributed by atoms with Crippen LogP contribution in [0.2, 0.25) is 0 Å². The molecule has 0 heterocycles. The van der Waals surface area contributed by atoms with Crippen molar-refractivity contribution in [1.82, 2.24) is 0 Å². The second-order valence-corrected chi connectivity index (χ2v) is 4.69. The first kappa shape index (κ1) is 12.9. The van der Waals surface area contributed by atoms with Gasteiger partial charge in [0.1, 0.15) is 5.82 Å². The minimum absolute atomic E-state index is 0.0590. The smallest absolute Gasteiger partial charge is 0.337 e. The van der Waals surface area contributed by atoms with Crippen LogP contribution >= 0.6 is 0 Å². The molecule has 0 bridgehead atoms. The fourth-order valence-electron chi connectivity index (χ4n) is 2.77. The molecule has 0 atom stereocenters. The average Bonchev–Trinajstić information content (AvgIpc) is 2.85. The van der Waals surface area contributed by atoms with Crippen LogP contribution in [-0.4, -0.2) is 23.7 Å². The van der Waals surface area contributed by atoms with Gasteiger partial charge in [-0.25, -0.2) is 9.18 Å². The Balaban J connectivity index is 2.37. The molecule has 1 N–H and O–H groups in total. The van der Waals surface area contributed by atoms with Crippen LogP contribution in [0.4, 0.5) is 10.1 Å². The highest BCUT2D eigenvalue weighted by Gasteiger charge is 2.25. The lowest BCUT2D eigenvalue weighted by molar-refractivity contribution is 0.0697. The summed E-state index contributed by atoms with van der Waals surface area (Å²) in [4.78, 5) is 13.3. The standard InChI is InChI=1S/C14H18FNO2/c1-2-16(11-5-3-4-6-11)13-8-7-10(15)9-12(13)14(17)18/h7-9,11H,2-6H2,1H3,(H,17,18). The van der Waals surface area contributed by atoms with Gasteiger partial charge in [0.25, 0.3) is 0 Å². The van der Waals surface area contributed by atoms with Crippen molar-refractivity contribution in [1.29, 1.82) is 0 Å². The van der Waals surface area contributed by atoms with Crippen molar-refractivity contribution in [3.63, 3.8) is 0 Å². The number of rotatable bonds is 4. The number of nitrogens with zero attached hydrogens (tertiary/aromatic N) is 1. The maximum absolute atomic E-state index is 13.2. The Morgan fingerprint density at radius 2 is 2.11 bits per heavy atom. The molecule has 0 amide bonds. The summed E-state index contributed by atoms with van der Waals surface area (Å²) in [6.45, 7) is 2.75. The largest absolute Gasteiger partial charge is 0.478 e. The number of carboxylic acids is 1. The summed E-state index contributed by atoms with van der Waals surface area (Å²) >= 11 is 0. The van der Waals surface area contributed by atoms with E-state index in [1.165, 1.54) is 18.9 Å². The second-order valence-electron chi connectivity index (χ2n) is 4.69. The molecule has 1 fully saturated rings. The fraction of sp³-hybridized carbons (Fsp3) is 0.500. The molecule has 1 aromatic rings. The molecule has 1 aromatic carbocycles. The summed E-state index contributed by atoms with van der Waals surface area (Å²) in [6, 6.07) is 4.41. The number of hydrogen-bond donors (Lipinski definition) is 1. The molecule has 1 saturated carbocycles. The molecule has 3 nitrogen and oxygen atoms in total. The minimum atomic E-state index is -1.07. The van der Waals surface area contributed by atoms with Gasteiger partial charge in [0.15, 0.2) is 0 Å². The summed E-state index contributed by atoms with van der Waals surface area (Å²) in [5.41, 5.74) is 0.696. The summed E-state index contributed by atoms with van der Waals surface area (Å²) in [7, 11) is 0. The van der Waals surface area contributed by atoms with Gasteiger partial charge in [0.05, 0.1) is 11.3 Å². The highest BCUT2D eigenvalue weighted by Crippen LogP contribution is 2.30. The molecule has 18 heavy (non-hydrogen) atoms. The Morgan fingerprint density at radius 1 is 1.44 bits per heavy atom. The number of benzene rings is 1. The van der Waals surface area contributed by atoms with E-state index in [1.807, 2.05) is 6.92 Å². The molecular weight excluding hydrogens is 233 g/mol. The molecule has 0 unspecified atom stereocenters. The zero-order chi connectivity index (χ0) is 13.1. The van der Waals surface area contributed by atoms with Crippen LogP contribution in [0.1, 0.15) is 43.0 Å². The lowest BCUT2D eigenvalue weighted by Crippen LogP contribution is -2.34. The molecule has 98 valence electrons. The van der Waals surface area contributed by atoms with Crippen molar-refractivity contribution in [3.05, 3.63) is 29.6 Å². The van der Waals surface area contributed by atoms with Crippen LogP contribution in [0.3, 0.4) is 0 Å². The molecule has 1 aliphatic carbocycles. The van der Waals surface area contributed by atoms with Gasteiger partial charge >= 0.3 is 5.97 Å². The summed E-state index contributed by atoms with van der Waals surface area (Å²) in [6.07, 6.45) is 4.55. The van der Waals surface area contributed by atoms with Gasteiger partial charge in [-0.15, -0.1) is 0 Å². The van der Waals surface area contributed by atoms with Crippen LogP contribution in [0.5, 0.6) is 0 Å². The average molecular weight is 251 g/mol. The Labute approximate surface area is 106 Å². The number of carboxylic acid groups (broad SMARTS) is 1. The topological polar surface area (TPSA) is 40.5 Å². The third-order valence-electron chi connectivity index (χ3n) is 3.60. The molecule has 0 aliphatic heterocycles. The fourth-order valence-corrected chi connectivity index (χ4v) is 2.77. The van der Waals surface area contributed by atoms with E-state index in [1.54, 1.807) is 6.07 Å². The lowest BCUT2D eigenvalue weighted by atomic mass is 10.1. The highest BCUT2D eigenvalue weighted by atomic mass is 19.1. The van der Waals surface area contributed by atoms with E-state index >= 15 is 0 Å². The summed E-state index contributed by atoms with van der Waals surface area (Å²) in [5.74, 6) is -1.57. The van der Waals surface area contributed by atoms with Crippen molar-refractivity contribution in [2.45, 2.75) is 38.6 Å². The van der Waals surface area contributed by atoms with Crippen LogP contribution < -0.4 is 4.90 Å². The van der Waals surface area contributed by atoms with Crippen LogP contribution in [0, 0.1) is 5.82 Å². The molecule has 2 rings (SSSR count). The quantitative estimate of drug-likeness (QED) is 0.892. The van der Waals surface area contributed by atoms with Crippen molar-refractivity contribution >= 4 is 11.7 Å². The summed E-state index contributed by atoms with van der Waals surface area (Å²) in [5, 5.41) is 9.18. The molecule has 0 radical (unpaired) electrons. The predicted octanol–water partition coefficient (Wildman–Crippen LogP) is 3.29. The number of anilines is 1. The Hall–Kier alpha value is -1.58. The highest BCUT2D eigenvalue weighted by molar-refractivity contribution is 5.94. The number of aromatic carboxylic acids is 1. The Kier molecular flexibility index (Phi) is 3.84. The molecule has 0 spiro atoms. The first-order valence-electron chi connectivity index (χ1n) is 6.43. The van der Waals surface area contributed by atoms with E-state index < -0.39 is 11.8 Å². The SMILES string of the molecule is CCN(c1ccc(F)cc1C(=O)O)C1CCCC1. The van der Waals surface area contributed by atoms with E-state index in [0.29, 0.717) is 11.7 Å². The minimum Gasteiger partial charge on any atom is -0.478 e. The first-order valence-corrected chi connectivity index (χ1v) is 6.43. The van der Waals surface area contributed by atoms with Crippen LogP contribution in [-0.2, 0) is 0 Å². The van der Waals surface area contributed by atoms with Crippen LogP contribution in [0.25, 0.3) is 0 Å². The van der Waals surface area contributed by atoms with E-state index in [4.69, 9.17) is 0 Å². The zero-order valence-corrected chi connectivity index (χ0v) is 10.5. The molecule has 4 heteroatoms. The normalized spacial score (nSPS) is 15.9. The second kappa shape index (κ2) is 5.38. The van der Waals surface area contributed by atoms with Gasteiger partial charge in [-0.05, 0) is 38.0 Å². The maximum atomic E-state index is 13.2. The molecule has 1 aliphatic rings. The van der Waals surface area contributed by atoms with Gasteiger partial charge in [-0.1, -0.05) is 12.8 Å². The van der Waals surface area contributed by atoms with Gasteiger partial charge < -0.3 is 10.0 Å². The maximum Gasteiger partial charge on any atom is 0.337 e. The van der Waals surface area contributed by atoms with E-state index in [-0.39, 0.29) is 5.56 Å². The number of halogens is 1. The lowest BCUT2D eigenvalue weighted by Gasteiger charge is -2.31. The van der Waals surface area contributed by atoms with Gasteiger partial charge in [-0.3, -0.25) is 0 Å². The van der Waals surface area contributed by atoms with Crippen molar-refractivity contribution in [2.24, 2.45) is 0 Å². The molecular formula is C14H18FNO2. The third-order valence-corrected chi connectivity index (χ3v) is 3.60. The van der Waals surface area contributed by atoms with Gasteiger partial charge in [0.2, 0.25) is 0 Å². The monoisotopic (exact) mass is 251 g/mol. The van der Waals surface area contributed by atoms with Crippen molar-refractivity contribution < 1.29 is 14.3 Å². The zero-order valence-electron chi connectivity index (χ0n) is 10.5. The third kappa shape index (κ3) is 2.47. The number of hydrogen-bond acceptors (Lipinski definition) is 2. The van der Waals surface area contributed by atoms with Crippen molar-refractivity contribution in [2.75, 3.05) is 11.4 Å². The van der Waals surface area contributed by atoms with E-state index in [0.717, 1.165) is 25.5 Å². The Bertz CT molecular complexity index is 441. The molecule has 0 saturated heterocycles. The summed E-state index contributed by atoms with van der Waals surface area (Å²) < 4.78 is 13.2. The van der Waals surface area contributed by atoms with Crippen molar-refractivity contribution in [3.8, 4) is 0 Å².